The van der Waals surface area contributed by atoms with E-state index in [4.69, 9.17) is 0 Å². The van der Waals surface area contributed by atoms with E-state index in [9.17, 15) is 17.6 Å². The second-order valence-electron chi connectivity index (χ2n) is 6.84. The summed E-state index contributed by atoms with van der Waals surface area (Å²) in [7, 11) is -3.90. The molecule has 2 aromatic carbocycles. The number of aromatic nitrogens is 4. The van der Waals surface area contributed by atoms with Gasteiger partial charge >= 0.3 is 0 Å². The number of carbonyl (C=O) groups is 1. The van der Waals surface area contributed by atoms with Gasteiger partial charge in [0.05, 0.1) is 4.90 Å². The molecule has 0 saturated heterocycles. The monoisotopic (exact) mass is 464 g/mol. The zero-order chi connectivity index (χ0) is 23.4. The van der Waals surface area contributed by atoms with E-state index in [2.05, 4.69) is 30.0 Å². The number of hydrogen-bond donors (Lipinski definition) is 2. The predicted octanol–water partition coefficient (Wildman–Crippen LogP) is 3.43. The van der Waals surface area contributed by atoms with Crippen LogP contribution in [0.3, 0.4) is 0 Å². The van der Waals surface area contributed by atoms with Gasteiger partial charge < -0.3 is 0 Å². The average Bonchev–Trinajstić information content (AvgIpc) is 2.80. The van der Waals surface area contributed by atoms with E-state index >= 15 is 0 Å². The maximum atomic E-state index is 13.0. The summed E-state index contributed by atoms with van der Waals surface area (Å²) in [5.74, 6) is -0.227. The van der Waals surface area contributed by atoms with Gasteiger partial charge in [-0.3, -0.25) is 19.8 Å². The summed E-state index contributed by atoms with van der Waals surface area (Å²) in [6.45, 7) is 1.67. The minimum atomic E-state index is -3.90. The van der Waals surface area contributed by atoms with Crippen molar-refractivity contribution in [2.24, 2.45) is 0 Å². The van der Waals surface area contributed by atoms with Gasteiger partial charge in [-0.1, -0.05) is 6.07 Å². The number of sulfonamides is 1. The average molecular weight is 464 g/mol. The summed E-state index contributed by atoms with van der Waals surface area (Å²) >= 11 is 0. The van der Waals surface area contributed by atoms with Crippen molar-refractivity contribution in [2.45, 2.75) is 11.8 Å². The third-order valence-electron chi connectivity index (χ3n) is 4.39. The normalized spacial score (nSPS) is 11.1. The molecule has 0 radical (unpaired) electrons. The lowest BCUT2D eigenvalue weighted by atomic mass is 10.2. The van der Waals surface area contributed by atoms with Crippen LogP contribution in [-0.2, 0) is 10.0 Å². The molecule has 0 unspecified atom stereocenters. The smallest absolute Gasteiger partial charge is 0.261 e. The van der Waals surface area contributed by atoms with Crippen molar-refractivity contribution in [1.29, 1.82) is 0 Å². The lowest BCUT2D eigenvalue weighted by molar-refractivity contribution is 0.102. The van der Waals surface area contributed by atoms with Crippen LogP contribution in [-0.4, -0.2) is 34.3 Å². The zero-order valence-electron chi connectivity index (χ0n) is 17.2. The first kappa shape index (κ1) is 22.0. The summed E-state index contributed by atoms with van der Waals surface area (Å²) in [6, 6.07) is 15.5. The number of nitrogens with zero attached hydrogens (tertiary/aromatic N) is 4. The van der Waals surface area contributed by atoms with E-state index < -0.39 is 21.7 Å². The molecule has 166 valence electrons. The highest BCUT2D eigenvalue weighted by Crippen LogP contribution is 2.18. The van der Waals surface area contributed by atoms with Crippen LogP contribution in [0.5, 0.6) is 0 Å². The molecular formula is C22H17FN6O3S. The molecular weight excluding hydrogens is 447 g/mol. The Balaban J connectivity index is 1.48. The number of halogens is 1. The molecule has 11 heteroatoms. The van der Waals surface area contributed by atoms with Crippen LogP contribution in [0.1, 0.15) is 16.2 Å². The van der Waals surface area contributed by atoms with Crippen LogP contribution in [0.4, 0.5) is 16.0 Å². The van der Waals surface area contributed by atoms with Gasteiger partial charge in [0, 0.05) is 17.4 Å². The fraction of sp³-hybridized carbons (Fsp3) is 0.0455. The highest BCUT2D eigenvalue weighted by molar-refractivity contribution is 7.92. The predicted molar refractivity (Wildman–Crippen MR) is 119 cm³/mol. The van der Waals surface area contributed by atoms with Crippen molar-refractivity contribution in [3.8, 4) is 11.5 Å². The summed E-state index contributed by atoms with van der Waals surface area (Å²) in [4.78, 5) is 29.3. The van der Waals surface area contributed by atoms with Gasteiger partial charge in [-0.2, -0.15) is 9.97 Å². The lowest BCUT2D eigenvalue weighted by Gasteiger charge is -2.09. The van der Waals surface area contributed by atoms with Gasteiger partial charge in [-0.05, 0) is 67.6 Å². The number of amides is 1. The fourth-order valence-electron chi connectivity index (χ4n) is 2.84. The number of pyridine rings is 1. The molecule has 9 nitrogen and oxygen atoms in total. The van der Waals surface area contributed by atoms with Crippen LogP contribution in [0.25, 0.3) is 11.5 Å². The molecule has 0 aliphatic heterocycles. The SMILES string of the molecule is Cc1nc(NC(=O)c2ccc(NS(=O)(=O)c3ccc(F)cc3)cc2)nc(-c2ccccn2)n1. The van der Waals surface area contributed by atoms with E-state index in [0.29, 0.717) is 17.3 Å². The summed E-state index contributed by atoms with van der Waals surface area (Å²) in [5.41, 5.74) is 1.04. The quantitative estimate of drug-likeness (QED) is 0.447. The Morgan fingerprint density at radius 3 is 2.30 bits per heavy atom. The van der Waals surface area contributed by atoms with Crippen molar-refractivity contribution in [1.82, 2.24) is 19.9 Å². The molecule has 0 saturated carbocycles. The Morgan fingerprint density at radius 1 is 0.909 bits per heavy atom. The number of aryl methyl sites for hydroxylation is 1. The van der Waals surface area contributed by atoms with Crippen LogP contribution < -0.4 is 10.0 Å². The molecule has 4 aromatic rings. The van der Waals surface area contributed by atoms with E-state index in [1.165, 1.54) is 24.3 Å². The first-order valence-corrected chi connectivity index (χ1v) is 11.1. The highest BCUT2D eigenvalue weighted by Gasteiger charge is 2.15. The molecule has 0 aliphatic carbocycles. The molecule has 2 N–H and O–H groups in total. The van der Waals surface area contributed by atoms with Gasteiger partial charge in [-0.25, -0.2) is 17.8 Å². The summed E-state index contributed by atoms with van der Waals surface area (Å²) in [5, 5.41) is 2.60. The maximum absolute atomic E-state index is 13.0. The lowest BCUT2D eigenvalue weighted by Crippen LogP contribution is -2.16. The number of nitrogens with one attached hydrogen (secondary N) is 2. The van der Waals surface area contributed by atoms with Crippen molar-refractivity contribution < 1.29 is 17.6 Å². The van der Waals surface area contributed by atoms with Crippen molar-refractivity contribution in [3.05, 3.63) is 90.1 Å². The molecule has 0 aliphatic rings. The number of anilines is 2. The Bertz CT molecular complexity index is 1400. The first-order chi connectivity index (χ1) is 15.8. The van der Waals surface area contributed by atoms with Crippen molar-refractivity contribution in [2.75, 3.05) is 10.0 Å². The molecule has 1 amide bonds. The van der Waals surface area contributed by atoms with Crippen molar-refractivity contribution in [3.63, 3.8) is 0 Å². The Kier molecular flexibility index (Phi) is 6.05. The number of carbonyl (C=O) groups excluding carboxylic acids is 1. The van der Waals surface area contributed by atoms with E-state index in [1.54, 1.807) is 31.3 Å². The molecule has 0 fully saturated rings. The number of rotatable bonds is 6. The van der Waals surface area contributed by atoms with Crippen LogP contribution in [0.15, 0.2) is 77.8 Å². The molecule has 0 spiro atoms. The van der Waals surface area contributed by atoms with Gasteiger partial charge in [0.25, 0.3) is 15.9 Å². The Labute approximate surface area is 188 Å². The first-order valence-electron chi connectivity index (χ1n) is 9.64. The number of benzene rings is 2. The molecule has 2 aromatic heterocycles. The van der Waals surface area contributed by atoms with Gasteiger partial charge in [0.2, 0.25) is 5.95 Å². The molecule has 0 atom stereocenters. The zero-order valence-corrected chi connectivity index (χ0v) is 18.0. The minimum Gasteiger partial charge on any atom is -0.290 e. The van der Waals surface area contributed by atoms with E-state index in [-0.39, 0.29) is 22.1 Å². The maximum Gasteiger partial charge on any atom is 0.261 e. The standard InChI is InChI=1S/C22H17FN6O3S/c1-14-25-20(19-4-2-3-13-24-19)27-22(26-14)28-21(30)15-5-9-17(10-6-15)29-33(31,32)18-11-7-16(23)8-12-18/h2-13,29H,1H3,(H,25,26,27,28,30). The second-order valence-corrected chi connectivity index (χ2v) is 8.52. The van der Waals surface area contributed by atoms with Crippen LogP contribution >= 0.6 is 0 Å². The van der Waals surface area contributed by atoms with E-state index in [0.717, 1.165) is 24.3 Å². The van der Waals surface area contributed by atoms with Gasteiger partial charge in [-0.15, -0.1) is 0 Å². The minimum absolute atomic E-state index is 0.0641. The largest absolute Gasteiger partial charge is 0.290 e. The topological polar surface area (TPSA) is 127 Å². The second kappa shape index (κ2) is 9.09. The molecule has 0 bridgehead atoms. The van der Waals surface area contributed by atoms with E-state index in [1.807, 2.05) is 0 Å². The Hall–Kier alpha value is -4.25. The summed E-state index contributed by atoms with van der Waals surface area (Å²) in [6.07, 6.45) is 1.61. The molecule has 33 heavy (non-hydrogen) atoms. The molecule has 2 heterocycles. The third kappa shape index (κ3) is 5.33. The third-order valence-corrected chi connectivity index (χ3v) is 5.79. The molecule has 4 rings (SSSR count). The van der Waals surface area contributed by atoms with Crippen LogP contribution in [0.2, 0.25) is 0 Å². The van der Waals surface area contributed by atoms with Crippen molar-refractivity contribution >= 4 is 27.6 Å². The van der Waals surface area contributed by atoms with Gasteiger partial charge in [0.15, 0.2) is 5.82 Å². The summed E-state index contributed by atoms with van der Waals surface area (Å²) < 4.78 is 40.2. The highest BCUT2D eigenvalue weighted by atomic mass is 32.2. The fourth-order valence-corrected chi connectivity index (χ4v) is 3.90. The Morgan fingerprint density at radius 2 is 1.64 bits per heavy atom. The van der Waals surface area contributed by atoms with Crippen LogP contribution in [0, 0.1) is 12.7 Å². The number of hydrogen-bond acceptors (Lipinski definition) is 7. The van der Waals surface area contributed by atoms with Gasteiger partial charge in [0.1, 0.15) is 17.3 Å².